The zero-order valence-corrected chi connectivity index (χ0v) is 11.3. The molecule has 7 heteroatoms. The van der Waals surface area contributed by atoms with Gasteiger partial charge in [0.2, 0.25) is 5.75 Å². The van der Waals surface area contributed by atoms with E-state index in [1.807, 2.05) is 0 Å². The summed E-state index contributed by atoms with van der Waals surface area (Å²) in [6.45, 7) is 2.98. The van der Waals surface area contributed by atoms with E-state index in [2.05, 4.69) is 15.3 Å². The highest BCUT2D eigenvalue weighted by Gasteiger charge is 2.17. The van der Waals surface area contributed by atoms with Crippen molar-refractivity contribution in [1.82, 2.24) is 5.43 Å². The molecule has 0 aromatic heterocycles. The van der Waals surface area contributed by atoms with Crippen LogP contribution in [0.2, 0.25) is 0 Å². The lowest BCUT2D eigenvalue weighted by Crippen LogP contribution is -2.19. The molecule has 1 N–H and O–H groups in total. The van der Waals surface area contributed by atoms with Gasteiger partial charge >= 0.3 is 6.09 Å². The molecule has 1 aliphatic heterocycles. The minimum atomic E-state index is -0.603. The summed E-state index contributed by atoms with van der Waals surface area (Å²) in [6.07, 6.45) is 0.866. The molecule has 0 saturated heterocycles. The molecule has 1 heterocycles. The minimum Gasteiger partial charge on any atom is -0.493 e. The number of hydrogen-bond donors (Lipinski definition) is 1. The fourth-order valence-electron chi connectivity index (χ4n) is 1.69. The molecule has 0 spiro atoms. The molecule has 0 unspecified atom stereocenters. The normalized spacial score (nSPS) is 13.1. The molecule has 7 nitrogen and oxygen atoms in total. The van der Waals surface area contributed by atoms with Gasteiger partial charge in [0.15, 0.2) is 11.5 Å². The van der Waals surface area contributed by atoms with Gasteiger partial charge in [0.1, 0.15) is 13.2 Å². The van der Waals surface area contributed by atoms with Gasteiger partial charge < -0.3 is 18.9 Å². The number of nitrogens with one attached hydrogen (secondary N) is 1. The van der Waals surface area contributed by atoms with Crippen LogP contribution < -0.4 is 19.6 Å². The molecule has 1 aliphatic rings. The molecular weight excluding hydrogens is 264 g/mol. The quantitative estimate of drug-likeness (QED) is 0.668. The number of fused-ring (bicyclic) bond motifs is 1. The highest BCUT2D eigenvalue weighted by atomic mass is 16.6. The summed E-state index contributed by atoms with van der Waals surface area (Å²) in [5.41, 5.74) is 2.96. The van der Waals surface area contributed by atoms with Crippen LogP contribution in [0.25, 0.3) is 0 Å². The minimum absolute atomic E-state index is 0.291. The lowest BCUT2D eigenvalue weighted by molar-refractivity contribution is 0.152. The van der Waals surface area contributed by atoms with Gasteiger partial charge in [-0.1, -0.05) is 0 Å². The SMILES string of the molecule is CCOC(=O)N/N=C\c1cc(OC)c2c(c1)OCCO2. The van der Waals surface area contributed by atoms with Crippen molar-refractivity contribution in [1.29, 1.82) is 0 Å². The summed E-state index contributed by atoms with van der Waals surface area (Å²) in [5, 5.41) is 3.78. The average molecular weight is 280 g/mol. The van der Waals surface area contributed by atoms with Crippen LogP contribution in [0.5, 0.6) is 17.2 Å². The number of methoxy groups -OCH3 is 1. The highest BCUT2D eigenvalue weighted by Crippen LogP contribution is 2.39. The predicted octanol–water partition coefficient (Wildman–Crippen LogP) is 1.55. The second-order valence-corrected chi connectivity index (χ2v) is 3.84. The lowest BCUT2D eigenvalue weighted by Gasteiger charge is -2.20. The van der Waals surface area contributed by atoms with Crippen LogP contribution in [0.3, 0.4) is 0 Å². The number of benzene rings is 1. The molecule has 20 heavy (non-hydrogen) atoms. The van der Waals surface area contributed by atoms with Crippen molar-refractivity contribution in [2.75, 3.05) is 26.9 Å². The zero-order chi connectivity index (χ0) is 14.4. The van der Waals surface area contributed by atoms with E-state index in [-0.39, 0.29) is 0 Å². The summed E-state index contributed by atoms with van der Waals surface area (Å²) < 4.78 is 20.9. The van der Waals surface area contributed by atoms with Crippen LogP contribution in [0.4, 0.5) is 4.79 Å². The van der Waals surface area contributed by atoms with E-state index < -0.39 is 6.09 Å². The molecule has 0 bridgehead atoms. The Morgan fingerprint density at radius 2 is 2.25 bits per heavy atom. The first-order valence-electron chi connectivity index (χ1n) is 6.18. The number of ether oxygens (including phenoxy) is 4. The average Bonchev–Trinajstić information content (AvgIpc) is 2.46. The number of nitrogens with zero attached hydrogens (tertiary/aromatic N) is 1. The van der Waals surface area contributed by atoms with Gasteiger partial charge in [-0.2, -0.15) is 5.10 Å². The predicted molar refractivity (Wildman–Crippen MR) is 71.7 cm³/mol. The van der Waals surface area contributed by atoms with Gasteiger partial charge in [-0.05, 0) is 19.1 Å². The molecule has 0 radical (unpaired) electrons. The number of hydrogen-bond acceptors (Lipinski definition) is 6. The van der Waals surface area contributed by atoms with Crippen molar-refractivity contribution in [3.8, 4) is 17.2 Å². The van der Waals surface area contributed by atoms with Gasteiger partial charge in [0.05, 0.1) is 19.9 Å². The first kappa shape index (κ1) is 14.0. The molecule has 2 rings (SSSR count). The Morgan fingerprint density at radius 1 is 1.45 bits per heavy atom. The maximum absolute atomic E-state index is 11.1. The number of rotatable bonds is 4. The van der Waals surface area contributed by atoms with Gasteiger partial charge in [-0.15, -0.1) is 0 Å². The van der Waals surface area contributed by atoms with Crippen molar-refractivity contribution in [3.63, 3.8) is 0 Å². The summed E-state index contributed by atoms with van der Waals surface area (Å²) in [7, 11) is 1.55. The van der Waals surface area contributed by atoms with Gasteiger partial charge in [-0.25, -0.2) is 10.2 Å². The Bertz CT molecular complexity index is 498. The van der Waals surface area contributed by atoms with E-state index in [9.17, 15) is 4.79 Å². The van der Waals surface area contributed by atoms with E-state index in [4.69, 9.17) is 14.2 Å². The Morgan fingerprint density at radius 3 is 3.00 bits per heavy atom. The van der Waals surface area contributed by atoms with Crippen molar-refractivity contribution < 1.29 is 23.7 Å². The number of amides is 1. The van der Waals surface area contributed by atoms with Crippen molar-refractivity contribution >= 4 is 12.3 Å². The van der Waals surface area contributed by atoms with Crippen molar-refractivity contribution in [2.24, 2.45) is 5.10 Å². The summed E-state index contributed by atoms with van der Waals surface area (Å²) in [5.74, 6) is 1.72. The molecule has 0 aliphatic carbocycles. The lowest BCUT2D eigenvalue weighted by atomic mass is 10.2. The van der Waals surface area contributed by atoms with Crippen molar-refractivity contribution in [2.45, 2.75) is 6.92 Å². The van der Waals surface area contributed by atoms with E-state index in [1.165, 1.54) is 6.21 Å². The Labute approximate surface area is 116 Å². The van der Waals surface area contributed by atoms with E-state index in [0.717, 1.165) is 0 Å². The van der Waals surface area contributed by atoms with Crippen LogP contribution in [-0.2, 0) is 4.74 Å². The largest absolute Gasteiger partial charge is 0.493 e. The first-order chi connectivity index (χ1) is 9.74. The number of hydrazone groups is 1. The molecule has 0 saturated carbocycles. The monoisotopic (exact) mass is 280 g/mol. The van der Waals surface area contributed by atoms with Gasteiger partial charge in [0, 0.05) is 5.56 Å². The first-order valence-corrected chi connectivity index (χ1v) is 6.18. The zero-order valence-electron chi connectivity index (χ0n) is 11.3. The van der Waals surface area contributed by atoms with Gasteiger partial charge in [0.25, 0.3) is 0 Å². The van der Waals surface area contributed by atoms with E-state index in [0.29, 0.717) is 42.6 Å². The van der Waals surface area contributed by atoms with Crippen LogP contribution in [0.15, 0.2) is 17.2 Å². The third-order valence-corrected chi connectivity index (χ3v) is 2.50. The summed E-state index contributed by atoms with van der Waals surface area (Å²) >= 11 is 0. The Kier molecular flexibility index (Phi) is 4.65. The third-order valence-electron chi connectivity index (χ3n) is 2.50. The maximum Gasteiger partial charge on any atom is 0.427 e. The molecule has 1 aromatic rings. The summed E-state index contributed by atoms with van der Waals surface area (Å²) in [4.78, 5) is 11.1. The standard InChI is InChI=1S/C13H16N2O5/c1-3-18-13(16)15-14-8-9-6-10(17-2)12-11(7-9)19-4-5-20-12/h6-8H,3-5H2,1-2H3,(H,15,16)/b14-8-. The third kappa shape index (κ3) is 3.31. The van der Waals surface area contributed by atoms with Gasteiger partial charge in [-0.3, -0.25) is 0 Å². The Balaban J connectivity index is 2.12. The molecule has 108 valence electrons. The van der Waals surface area contributed by atoms with Crippen molar-refractivity contribution in [3.05, 3.63) is 17.7 Å². The molecular formula is C13H16N2O5. The second kappa shape index (κ2) is 6.65. The smallest absolute Gasteiger partial charge is 0.427 e. The highest BCUT2D eigenvalue weighted by molar-refractivity contribution is 5.83. The topological polar surface area (TPSA) is 78.4 Å². The van der Waals surface area contributed by atoms with Crippen LogP contribution in [-0.4, -0.2) is 39.2 Å². The maximum atomic E-state index is 11.1. The second-order valence-electron chi connectivity index (χ2n) is 3.84. The fraction of sp³-hybridized carbons (Fsp3) is 0.385. The van der Waals surface area contributed by atoms with E-state index in [1.54, 1.807) is 26.2 Å². The Hall–Kier alpha value is -2.44. The summed E-state index contributed by atoms with van der Waals surface area (Å²) in [6, 6.07) is 3.50. The number of carbonyl (C=O) groups excluding carboxylic acids is 1. The fourth-order valence-corrected chi connectivity index (χ4v) is 1.69. The van der Waals surface area contributed by atoms with Crippen LogP contribution in [0.1, 0.15) is 12.5 Å². The molecule has 1 aromatic carbocycles. The van der Waals surface area contributed by atoms with Crippen LogP contribution in [0, 0.1) is 0 Å². The molecule has 1 amide bonds. The molecule has 0 fully saturated rings. The van der Waals surface area contributed by atoms with E-state index >= 15 is 0 Å². The number of carbonyl (C=O) groups is 1. The molecule has 0 atom stereocenters. The van der Waals surface area contributed by atoms with Crippen LogP contribution >= 0.6 is 0 Å².